The summed E-state index contributed by atoms with van der Waals surface area (Å²) < 4.78 is 7.39. The van der Waals surface area contributed by atoms with E-state index < -0.39 is 5.34 Å². The number of ketones is 1. The number of methoxy groups -OCH3 is 1. The van der Waals surface area contributed by atoms with Gasteiger partial charge < -0.3 is 15.0 Å². The van der Waals surface area contributed by atoms with E-state index in [1.54, 1.807) is 10.9 Å². The number of nitrogens with two attached hydrogens (primary N) is 1. The van der Waals surface area contributed by atoms with Gasteiger partial charge in [-0.25, -0.2) is 15.0 Å². The summed E-state index contributed by atoms with van der Waals surface area (Å²) in [7, 11) is 4.07. The lowest BCUT2D eigenvalue weighted by atomic mass is 9.93. The lowest BCUT2D eigenvalue weighted by molar-refractivity contribution is 0.0408. The van der Waals surface area contributed by atoms with E-state index in [1.165, 1.54) is 13.4 Å². The van der Waals surface area contributed by atoms with Crippen LogP contribution in [0.5, 0.6) is 0 Å². The van der Waals surface area contributed by atoms with E-state index in [-0.39, 0.29) is 12.3 Å². The number of benzene rings is 1. The Balaban J connectivity index is 2.03. The molecule has 0 aliphatic rings. The molecule has 2 heterocycles. The van der Waals surface area contributed by atoms with Gasteiger partial charge in [0.1, 0.15) is 11.8 Å². The highest BCUT2D eigenvalue weighted by Crippen LogP contribution is 2.31. The molecule has 0 amide bonds. The Morgan fingerprint density at radius 1 is 1.23 bits per heavy atom. The number of aromatic nitrogens is 4. The van der Waals surface area contributed by atoms with Gasteiger partial charge in [0.15, 0.2) is 16.8 Å². The average molecular weight is 371 g/mol. The number of imidazole rings is 1. The molecule has 0 radical (unpaired) electrons. The largest absolute Gasteiger partial charge is 0.382 e. The molecule has 8 heteroatoms. The van der Waals surface area contributed by atoms with Crippen LogP contribution in [-0.2, 0) is 11.3 Å². The van der Waals surface area contributed by atoms with Gasteiger partial charge in [-0.05, 0) is 31.9 Å². The number of Topliss-reactive ketones (excluding diaryl/α,β-unsaturated/α-hetero) is 1. The summed E-state index contributed by atoms with van der Waals surface area (Å²) in [6.07, 6.45) is 2.97. The number of carbonyl (C=O) groups excluding carboxylic acids is 1. The first-order chi connectivity index (χ1) is 12.3. The minimum Gasteiger partial charge on any atom is -0.382 e. The molecule has 3 rings (SSSR count). The van der Waals surface area contributed by atoms with Gasteiger partial charge in [-0.3, -0.25) is 4.79 Å². The highest BCUT2D eigenvalue weighted by Gasteiger charge is 2.37. The van der Waals surface area contributed by atoms with Crippen LogP contribution in [0, 0.1) is 20.8 Å². The van der Waals surface area contributed by atoms with Gasteiger partial charge in [-0.1, -0.05) is 26.9 Å². The van der Waals surface area contributed by atoms with Crippen molar-refractivity contribution >= 4 is 32.0 Å². The number of hydrogen-bond donors (Lipinski definition) is 1. The molecule has 0 aliphatic heterocycles. The fourth-order valence-electron chi connectivity index (χ4n) is 3.25. The minimum atomic E-state index is -1.15. The fourth-order valence-corrected chi connectivity index (χ4v) is 3.59. The molecule has 0 fully saturated rings. The first kappa shape index (κ1) is 18.4. The van der Waals surface area contributed by atoms with Crippen molar-refractivity contribution < 1.29 is 9.53 Å². The van der Waals surface area contributed by atoms with Crippen LogP contribution in [0.3, 0.4) is 0 Å². The number of nitrogens with zero attached hydrogens (tertiary/aromatic N) is 4. The summed E-state index contributed by atoms with van der Waals surface area (Å²) in [6, 6.07) is 4.00. The number of ether oxygens (including phenoxy) is 1. The van der Waals surface area contributed by atoms with E-state index in [9.17, 15) is 4.79 Å². The van der Waals surface area contributed by atoms with Crippen molar-refractivity contribution in [2.45, 2.75) is 32.7 Å². The Morgan fingerprint density at radius 3 is 2.50 bits per heavy atom. The molecule has 0 spiro atoms. The molecular formula is C18H22N5O2P. The molecule has 0 saturated heterocycles. The van der Waals surface area contributed by atoms with Crippen molar-refractivity contribution in [1.29, 1.82) is 0 Å². The van der Waals surface area contributed by atoms with Crippen LogP contribution in [0.2, 0.25) is 0 Å². The predicted molar refractivity (Wildman–Crippen MR) is 104 cm³/mol. The summed E-state index contributed by atoms with van der Waals surface area (Å²) >= 11 is 0. The van der Waals surface area contributed by atoms with Gasteiger partial charge in [0.2, 0.25) is 5.78 Å². The van der Waals surface area contributed by atoms with Gasteiger partial charge >= 0.3 is 0 Å². The van der Waals surface area contributed by atoms with Gasteiger partial charge in [0.25, 0.3) is 0 Å². The van der Waals surface area contributed by atoms with Crippen LogP contribution in [0.15, 0.2) is 24.8 Å². The molecule has 0 bridgehead atoms. The summed E-state index contributed by atoms with van der Waals surface area (Å²) in [5, 5.41) is -1.15. The van der Waals surface area contributed by atoms with E-state index in [2.05, 4.69) is 24.2 Å². The third kappa shape index (κ3) is 3.08. The third-order valence-corrected chi connectivity index (χ3v) is 5.17. The molecular weight excluding hydrogens is 349 g/mol. The second-order valence-corrected chi connectivity index (χ2v) is 7.43. The van der Waals surface area contributed by atoms with Gasteiger partial charge in [-0.15, -0.1) is 0 Å². The summed E-state index contributed by atoms with van der Waals surface area (Å²) in [4.78, 5) is 25.8. The predicted octanol–water partition coefficient (Wildman–Crippen LogP) is 2.43. The molecule has 26 heavy (non-hydrogen) atoms. The third-order valence-electron chi connectivity index (χ3n) is 4.49. The Morgan fingerprint density at radius 2 is 1.88 bits per heavy atom. The summed E-state index contributed by atoms with van der Waals surface area (Å²) in [6.45, 7) is 6.12. The Kier molecular flexibility index (Phi) is 4.78. The number of nitrogen functional groups attached to an aromatic ring is 1. The number of fused-ring (bicyclic) bond motifs is 1. The minimum absolute atomic E-state index is 0.108. The molecule has 2 N–H and O–H groups in total. The zero-order chi connectivity index (χ0) is 19.1. The van der Waals surface area contributed by atoms with E-state index in [4.69, 9.17) is 10.5 Å². The van der Waals surface area contributed by atoms with Crippen molar-refractivity contribution in [3.63, 3.8) is 0 Å². The van der Waals surface area contributed by atoms with Crippen LogP contribution in [-0.4, -0.2) is 37.8 Å². The van der Waals surface area contributed by atoms with Gasteiger partial charge in [0.05, 0.1) is 12.9 Å². The van der Waals surface area contributed by atoms with Gasteiger partial charge in [-0.2, -0.15) is 0 Å². The van der Waals surface area contributed by atoms with Crippen LogP contribution in [0.1, 0.15) is 27.0 Å². The standard InChI is InChI=1S/C18H22N5O2P/c1-10-5-11(2)13(12(3)6-10)15(24)18(26,25-4)7-23-9-22-14-16(19)20-8-21-17(14)23/h5-6,8-9H,7,26H2,1-4H3,(H2,19,20,21). The zero-order valence-electron chi connectivity index (χ0n) is 15.3. The first-order valence-electron chi connectivity index (χ1n) is 8.15. The number of aryl methyl sites for hydroxylation is 3. The van der Waals surface area contributed by atoms with Crippen LogP contribution in [0.25, 0.3) is 11.2 Å². The zero-order valence-corrected chi connectivity index (χ0v) is 16.4. The Hall–Kier alpha value is -2.37. The topological polar surface area (TPSA) is 95.9 Å². The average Bonchev–Trinajstić information content (AvgIpc) is 2.98. The van der Waals surface area contributed by atoms with Gasteiger partial charge in [0, 0.05) is 12.7 Å². The Labute approximate surface area is 154 Å². The lowest BCUT2D eigenvalue weighted by Gasteiger charge is -2.28. The molecule has 136 valence electrons. The van der Waals surface area contributed by atoms with Crippen LogP contribution >= 0.6 is 9.24 Å². The highest BCUT2D eigenvalue weighted by atomic mass is 31.0. The first-order valence-corrected chi connectivity index (χ1v) is 8.72. The monoisotopic (exact) mass is 371 g/mol. The summed E-state index contributed by atoms with van der Waals surface area (Å²) in [5.74, 6) is 0.195. The normalized spacial score (nSPS) is 13.7. The lowest BCUT2D eigenvalue weighted by Crippen LogP contribution is -2.39. The maximum atomic E-state index is 13.3. The number of rotatable bonds is 5. The number of hydrogen-bond acceptors (Lipinski definition) is 6. The molecule has 0 saturated carbocycles. The van der Waals surface area contributed by atoms with E-state index in [0.29, 0.717) is 22.5 Å². The van der Waals surface area contributed by atoms with Crippen molar-refractivity contribution in [3.8, 4) is 0 Å². The van der Waals surface area contributed by atoms with Crippen LogP contribution < -0.4 is 5.73 Å². The number of anilines is 1. The van der Waals surface area contributed by atoms with Crippen molar-refractivity contribution in [2.75, 3.05) is 12.8 Å². The molecule has 2 atom stereocenters. The molecule has 3 aromatic rings. The van der Waals surface area contributed by atoms with E-state index in [1.807, 2.05) is 32.9 Å². The maximum absolute atomic E-state index is 13.3. The second kappa shape index (κ2) is 6.74. The quantitative estimate of drug-likeness (QED) is 0.547. The van der Waals surface area contributed by atoms with E-state index >= 15 is 0 Å². The highest BCUT2D eigenvalue weighted by molar-refractivity contribution is 7.20. The SMILES string of the molecule is COC(P)(Cn1cnc2c(N)ncnc21)C(=O)c1c(C)cc(C)cc1C. The van der Waals surface area contributed by atoms with Crippen molar-refractivity contribution in [3.05, 3.63) is 47.0 Å². The second-order valence-electron chi connectivity index (χ2n) is 6.50. The van der Waals surface area contributed by atoms with E-state index in [0.717, 1.165) is 16.7 Å². The van der Waals surface area contributed by atoms with Crippen molar-refractivity contribution in [1.82, 2.24) is 19.5 Å². The summed E-state index contributed by atoms with van der Waals surface area (Å²) in [5.41, 5.74) is 10.6. The molecule has 0 aliphatic carbocycles. The molecule has 2 unspecified atom stereocenters. The maximum Gasteiger partial charge on any atom is 0.200 e. The Bertz CT molecular complexity index is 977. The number of carbonyl (C=O) groups is 1. The molecule has 1 aromatic carbocycles. The molecule has 2 aromatic heterocycles. The van der Waals surface area contributed by atoms with Crippen molar-refractivity contribution in [2.24, 2.45) is 0 Å². The fraction of sp³-hybridized carbons (Fsp3) is 0.333. The smallest absolute Gasteiger partial charge is 0.200 e. The van der Waals surface area contributed by atoms with Crippen LogP contribution in [0.4, 0.5) is 5.82 Å². The molecule has 7 nitrogen and oxygen atoms in total.